The van der Waals surface area contributed by atoms with Crippen LogP contribution in [0.3, 0.4) is 0 Å². The summed E-state index contributed by atoms with van der Waals surface area (Å²) in [6, 6.07) is 15.5. The van der Waals surface area contributed by atoms with Crippen LogP contribution in [0, 0.1) is 11.7 Å². The second-order valence-electron chi connectivity index (χ2n) is 10.9. The minimum atomic E-state index is -0.937. The largest absolute Gasteiger partial charge is 0.478 e. The van der Waals surface area contributed by atoms with Gasteiger partial charge in [-0.1, -0.05) is 23.7 Å². The summed E-state index contributed by atoms with van der Waals surface area (Å²) in [5.41, 5.74) is 3.36. The number of likely N-dealkylation sites (tertiary alicyclic amines) is 1. The number of rotatable bonds is 9. The van der Waals surface area contributed by atoms with Crippen LogP contribution in [-0.4, -0.2) is 56.8 Å². The summed E-state index contributed by atoms with van der Waals surface area (Å²) >= 11 is 5.85. The number of fused-ring (bicyclic) bond motifs is 1. The lowest BCUT2D eigenvalue weighted by molar-refractivity contribution is 0.0697. The molecule has 0 spiro atoms. The van der Waals surface area contributed by atoms with Gasteiger partial charge in [-0.15, -0.1) is 0 Å². The monoisotopic (exact) mass is 578 g/mol. The first-order valence-corrected chi connectivity index (χ1v) is 14.4. The summed E-state index contributed by atoms with van der Waals surface area (Å²) in [4.78, 5) is 23.7. The molecule has 2 saturated heterocycles. The zero-order valence-corrected chi connectivity index (χ0v) is 23.4. The molecule has 4 heterocycles. The van der Waals surface area contributed by atoms with Crippen LogP contribution < -0.4 is 4.74 Å². The molecule has 10 heteroatoms. The molecule has 0 bridgehead atoms. The molecule has 2 fully saturated rings. The lowest BCUT2D eigenvalue weighted by Crippen LogP contribution is -2.33. The summed E-state index contributed by atoms with van der Waals surface area (Å²) in [7, 11) is 0. The molecule has 0 unspecified atom stereocenters. The lowest BCUT2D eigenvalue weighted by atomic mass is 9.93. The van der Waals surface area contributed by atoms with Gasteiger partial charge in [-0.3, -0.25) is 4.90 Å². The maximum atomic E-state index is 14.1. The predicted octanol–water partition coefficient (Wildman–Crippen LogP) is 5.92. The van der Waals surface area contributed by atoms with Gasteiger partial charge in [-0.05, 0) is 68.8 Å². The van der Waals surface area contributed by atoms with E-state index in [4.69, 9.17) is 31.0 Å². The van der Waals surface area contributed by atoms with Crippen molar-refractivity contribution in [3.8, 4) is 5.88 Å². The highest BCUT2D eigenvalue weighted by molar-refractivity contribution is 6.30. The molecule has 2 aliphatic heterocycles. The Morgan fingerprint density at radius 2 is 1.95 bits per heavy atom. The van der Waals surface area contributed by atoms with Crippen molar-refractivity contribution in [2.45, 2.75) is 44.9 Å². The van der Waals surface area contributed by atoms with Crippen molar-refractivity contribution in [2.75, 3.05) is 26.3 Å². The first-order valence-electron chi connectivity index (χ1n) is 14.0. The molecule has 2 aromatic carbocycles. The van der Waals surface area contributed by atoms with E-state index >= 15 is 0 Å². The van der Waals surface area contributed by atoms with Crippen molar-refractivity contribution < 1.29 is 23.8 Å². The summed E-state index contributed by atoms with van der Waals surface area (Å²) in [5, 5.41) is 9.89. The van der Waals surface area contributed by atoms with Crippen LogP contribution >= 0.6 is 11.6 Å². The third kappa shape index (κ3) is 6.37. The van der Waals surface area contributed by atoms with E-state index in [1.165, 1.54) is 6.07 Å². The van der Waals surface area contributed by atoms with Gasteiger partial charge in [0.15, 0.2) is 0 Å². The molecule has 6 rings (SSSR count). The van der Waals surface area contributed by atoms with Gasteiger partial charge in [0.25, 0.3) is 0 Å². The number of aromatic nitrogens is 3. The van der Waals surface area contributed by atoms with Gasteiger partial charge in [0.05, 0.1) is 29.7 Å². The Bertz CT molecular complexity index is 1550. The minimum absolute atomic E-state index is 0.0832. The number of hydrogen-bond donors (Lipinski definition) is 1. The number of imidazole rings is 1. The van der Waals surface area contributed by atoms with E-state index < -0.39 is 11.8 Å². The molecule has 214 valence electrons. The molecule has 1 N–H and O–H groups in total. The molecule has 2 aliphatic rings. The van der Waals surface area contributed by atoms with E-state index in [1.807, 2.05) is 12.1 Å². The van der Waals surface area contributed by atoms with E-state index in [9.17, 15) is 14.3 Å². The molecule has 0 radical (unpaired) electrons. The van der Waals surface area contributed by atoms with E-state index in [0.717, 1.165) is 68.1 Å². The molecule has 8 nitrogen and oxygen atoms in total. The number of aromatic carboxylic acids is 1. The molecule has 0 aliphatic carbocycles. The highest BCUT2D eigenvalue weighted by atomic mass is 35.5. The van der Waals surface area contributed by atoms with Crippen LogP contribution in [0.15, 0.2) is 54.6 Å². The smallest absolute Gasteiger partial charge is 0.335 e. The Morgan fingerprint density at radius 3 is 2.71 bits per heavy atom. The second-order valence-corrected chi connectivity index (χ2v) is 11.3. The Labute approximate surface area is 242 Å². The molecule has 0 amide bonds. The number of pyridine rings is 1. The predicted molar refractivity (Wildman–Crippen MR) is 153 cm³/mol. The van der Waals surface area contributed by atoms with Crippen LogP contribution in [0.2, 0.25) is 5.02 Å². The fraction of sp³-hybridized carbons (Fsp3) is 0.387. The fourth-order valence-electron chi connectivity index (χ4n) is 5.73. The Balaban J connectivity index is 1.11. The van der Waals surface area contributed by atoms with Gasteiger partial charge in [0.2, 0.25) is 5.88 Å². The first-order chi connectivity index (χ1) is 19.9. The van der Waals surface area contributed by atoms with Crippen molar-refractivity contribution in [2.24, 2.45) is 5.92 Å². The van der Waals surface area contributed by atoms with E-state index in [2.05, 4.69) is 9.47 Å². The van der Waals surface area contributed by atoms with E-state index in [1.54, 1.807) is 36.4 Å². The molecule has 41 heavy (non-hydrogen) atoms. The molecular weight excluding hydrogens is 547 g/mol. The zero-order valence-electron chi connectivity index (χ0n) is 22.6. The quantitative estimate of drug-likeness (QED) is 0.264. The average molecular weight is 579 g/mol. The Morgan fingerprint density at radius 1 is 1.10 bits per heavy atom. The maximum Gasteiger partial charge on any atom is 0.335 e. The van der Waals surface area contributed by atoms with E-state index in [-0.39, 0.29) is 12.2 Å². The third-order valence-corrected chi connectivity index (χ3v) is 8.28. The SMILES string of the molecule is O=C(O)c1ccc2nc(CN3CCC(c4cccc(OCc5ccc(Cl)cc5F)n4)CC3)n(C[C@H]3CCOC3)c2c1. The van der Waals surface area contributed by atoms with Crippen LogP contribution in [-0.2, 0) is 24.4 Å². The number of nitrogens with zero attached hydrogens (tertiary/aromatic N) is 4. The molecule has 2 aromatic heterocycles. The summed E-state index contributed by atoms with van der Waals surface area (Å²) in [5.74, 6) is 0.790. The van der Waals surface area contributed by atoms with E-state index in [0.29, 0.717) is 41.5 Å². The molecular formula is C31H32ClFN4O4. The third-order valence-electron chi connectivity index (χ3n) is 8.05. The number of carboxylic acids is 1. The van der Waals surface area contributed by atoms with Crippen molar-refractivity contribution in [3.05, 3.63) is 88.1 Å². The Hall–Kier alpha value is -3.53. The van der Waals surface area contributed by atoms with Crippen LogP contribution in [0.25, 0.3) is 11.0 Å². The fourth-order valence-corrected chi connectivity index (χ4v) is 5.89. The number of benzene rings is 2. The topological polar surface area (TPSA) is 89.7 Å². The average Bonchev–Trinajstić information content (AvgIpc) is 3.61. The normalized spacial score (nSPS) is 18.2. The highest BCUT2D eigenvalue weighted by Crippen LogP contribution is 2.30. The summed E-state index contributed by atoms with van der Waals surface area (Å²) in [6.07, 6.45) is 2.89. The van der Waals surface area contributed by atoms with Crippen molar-refractivity contribution in [3.63, 3.8) is 0 Å². The Kier molecular flexibility index (Phi) is 8.18. The number of ether oxygens (including phenoxy) is 2. The summed E-state index contributed by atoms with van der Waals surface area (Å²) < 4.78 is 27.7. The number of carbonyl (C=O) groups is 1. The van der Waals surface area contributed by atoms with Crippen molar-refractivity contribution >= 4 is 28.6 Å². The van der Waals surface area contributed by atoms with Crippen molar-refractivity contribution in [1.29, 1.82) is 0 Å². The number of piperidine rings is 1. The minimum Gasteiger partial charge on any atom is -0.478 e. The number of carboxylic acid groups (broad SMARTS) is 1. The van der Waals surface area contributed by atoms with Gasteiger partial charge in [-0.2, -0.15) is 0 Å². The van der Waals surface area contributed by atoms with Gasteiger partial charge in [0.1, 0.15) is 18.2 Å². The highest BCUT2D eigenvalue weighted by Gasteiger charge is 2.25. The number of hydrogen-bond acceptors (Lipinski definition) is 6. The van der Waals surface area contributed by atoms with Gasteiger partial charge in [-0.25, -0.2) is 19.2 Å². The molecule has 1 atom stereocenters. The number of halogens is 2. The van der Waals surface area contributed by atoms with Gasteiger partial charge in [0, 0.05) is 47.3 Å². The van der Waals surface area contributed by atoms with Crippen LogP contribution in [0.1, 0.15) is 52.6 Å². The van der Waals surface area contributed by atoms with Gasteiger partial charge >= 0.3 is 5.97 Å². The molecule has 0 saturated carbocycles. The standard InChI is InChI=1S/C31H32ClFN4O4/c32-24-6-4-23(25(33)15-24)19-41-30-3-1-2-26(35-30)21-8-11-36(12-9-21)17-29-34-27-7-5-22(31(38)39)14-28(27)37(29)16-20-10-13-40-18-20/h1-7,14-15,20-21H,8-13,16-19H2,(H,38,39)/t20-/m1/s1. The second kappa shape index (κ2) is 12.1. The zero-order chi connectivity index (χ0) is 28.3. The van der Waals surface area contributed by atoms with Crippen LogP contribution in [0.4, 0.5) is 4.39 Å². The van der Waals surface area contributed by atoms with Gasteiger partial charge < -0.3 is 19.1 Å². The molecule has 4 aromatic rings. The lowest BCUT2D eigenvalue weighted by Gasteiger charge is -2.31. The maximum absolute atomic E-state index is 14.1. The van der Waals surface area contributed by atoms with Crippen molar-refractivity contribution in [1.82, 2.24) is 19.4 Å². The first kappa shape index (κ1) is 27.6. The summed E-state index contributed by atoms with van der Waals surface area (Å²) in [6.45, 7) is 4.81. The van der Waals surface area contributed by atoms with Crippen LogP contribution in [0.5, 0.6) is 5.88 Å².